The van der Waals surface area contributed by atoms with Crippen LogP contribution in [0.15, 0.2) is 36.4 Å². The van der Waals surface area contributed by atoms with Crippen molar-refractivity contribution in [2.75, 3.05) is 28.4 Å². The molecular formula is C18H24NO4+. The van der Waals surface area contributed by atoms with Crippen molar-refractivity contribution >= 4 is 0 Å². The zero-order valence-electron chi connectivity index (χ0n) is 14.1. The van der Waals surface area contributed by atoms with Gasteiger partial charge in [0.2, 0.25) is 0 Å². The van der Waals surface area contributed by atoms with E-state index in [4.69, 9.17) is 18.9 Å². The molecule has 5 nitrogen and oxygen atoms in total. The van der Waals surface area contributed by atoms with Crippen molar-refractivity contribution in [2.24, 2.45) is 0 Å². The van der Waals surface area contributed by atoms with E-state index < -0.39 is 0 Å². The average Bonchev–Trinajstić information content (AvgIpc) is 2.60. The summed E-state index contributed by atoms with van der Waals surface area (Å²) in [6, 6.07) is 11.9. The predicted octanol–water partition coefficient (Wildman–Crippen LogP) is 2.25. The first kappa shape index (κ1) is 17.0. The van der Waals surface area contributed by atoms with Crippen LogP contribution in [-0.2, 0) is 6.42 Å². The van der Waals surface area contributed by atoms with E-state index in [1.54, 1.807) is 28.4 Å². The summed E-state index contributed by atoms with van der Waals surface area (Å²) in [5.41, 5.74) is 6.50. The molecule has 0 amide bonds. The second-order valence-corrected chi connectivity index (χ2v) is 5.20. The van der Waals surface area contributed by atoms with Crippen molar-refractivity contribution < 1.29 is 24.7 Å². The molecule has 3 N–H and O–H groups in total. The van der Waals surface area contributed by atoms with Crippen molar-refractivity contribution in [1.82, 2.24) is 0 Å². The Morgan fingerprint density at radius 3 is 1.83 bits per heavy atom. The molecular weight excluding hydrogens is 294 g/mol. The fraction of sp³-hybridized carbons (Fsp3) is 0.333. The van der Waals surface area contributed by atoms with Gasteiger partial charge in [0.1, 0.15) is 6.04 Å². The molecule has 0 fully saturated rings. The maximum absolute atomic E-state index is 5.35. The summed E-state index contributed by atoms with van der Waals surface area (Å²) in [5, 5.41) is 0. The molecule has 2 aromatic rings. The maximum Gasteiger partial charge on any atom is 0.161 e. The molecule has 0 saturated heterocycles. The Kier molecular flexibility index (Phi) is 5.71. The fourth-order valence-corrected chi connectivity index (χ4v) is 2.52. The lowest BCUT2D eigenvalue weighted by Gasteiger charge is -2.14. The van der Waals surface area contributed by atoms with Crippen LogP contribution in [0, 0.1) is 0 Å². The first-order chi connectivity index (χ1) is 11.1. The van der Waals surface area contributed by atoms with Gasteiger partial charge in [-0.3, -0.25) is 0 Å². The van der Waals surface area contributed by atoms with Crippen molar-refractivity contribution in [2.45, 2.75) is 12.5 Å². The van der Waals surface area contributed by atoms with Crippen LogP contribution in [0.2, 0.25) is 0 Å². The zero-order chi connectivity index (χ0) is 16.8. The SMILES string of the molecule is COc1ccc(C[C@@H]([NH3+])c2ccc(OC)c(OC)c2)cc1OC. The summed E-state index contributed by atoms with van der Waals surface area (Å²) in [7, 11) is 6.53. The van der Waals surface area contributed by atoms with Crippen molar-refractivity contribution in [1.29, 1.82) is 0 Å². The Labute approximate surface area is 136 Å². The van der Waals surface area contributed by atoms with Crippen molar-refractivity contribution in [3.05, 3.63) is 47.5 Å². The molecule has 2 aromatic carbocycles. The minimum atomic E-state index is 0.0907. The van der Waals surface area contributed by atoms with Crippen LogP contribution in [0.4, 0.5) is 0 Å². The van der Waals surface area contributed by atoms with Crippen molar-refractivity contribution in [3.8, 4) is 23.0 Å². The summed E-state index contributed by atoms with van der Waals surface area (Å²) >= 11 is 0. The standard InChI is InChI=1S/C18H23NO4/c1-20-15-7-5-12(10-17(15)22-3)9-14(19)13-6-8-16(21-2)18(11-13)23-4/h5-8,10-11,14H,9,19H2,1-4H3/p+1/t14-/m1/s1. The topological polar surface area (TPSA) is 64.6 Å². The third-order valence-electron chi connectivity index (χ3n) is 3.81. The molecule has 0 aliphatic carbocycles. The summed E-state index contributed by atoms with van der Waals surface area (Å²) in [5.74, 6) is 2.88. The molecule has 5 heteroatoms. The summed E-state index contributed by atoms with van der Waals surface area (Å²) in [6.07, 6.45) is 0.788. The molecule has 1 atom stereocenters. The Balaban J connectivity index is 2.20. The molecule has 0 aliphatic rings. The minimum absolute atomic E-state index is 0.0907. The van der Waals surface area contributed by atoms with Crippen LogP contribution in [0.1, 0.15) is 17.2 Å². The number of methoxy groups -OCH3 is 4. The molecule has 0 aromatic heterocycles. The van der Waals surface area contributed by atoms with E-state index in [1.165, 1.54) is 0 Å². The highest BCUT2D eigenvalue weighted by Gasteiger charge is 2.15. The van der Waals surface area contributed by atoms with Gasteiger partial charge in [-0.1, -0.05) is 6.07 Å². The van der Waals surface area contributed by atoms with Gasteiger partial charge in [-0.25, -0.2) is 0 Å². The average molecular weight is 318 g/mol. The molecule has 0 radical (unpaired) electrons. The summed E-state index contributed by atoms with van der Waals surface area (Å²) in [4.78, 5) is 0. The first-order valence-electron chi connectivity index (χ1n) is 7.38. The van der Waals surface area contributed by atoms with E-state index >= 15 is 0 Å². The van der Waals surface area contributed by atoms with Gasteiger partial charge in [-0.05, 0) is 35.9 Å². The Hall–Kier alpha value is -2.40. The molecule has 124 valence electrons. The van der Waals surface area contributed by atoms with E-state index in [1.807, 2.05) is 36.4 Å². The van der Waals surface area contributed by atoms with Gasteiger partial charge >= 0.3 is 0 Å². The van der Waals surface area contributed by atoms with Crippen LogP contribution in [-0.4, -0.2) is 28.4 Å². The van der Waals surface area contributed by atoms with Gasteiger partial charge in [-0.2, -0.15) is 0 Å². The highest BCUT2D eigenvalue weighted by atomic mass is 16.5. The van der Waals surface area contributed by atoms with Gasteiger partial charge in [0.05, 0.1) is 28.4 Å². The van der Waals surface area contributed by atoms with Crippen molar-refractivity contribution in [3.63, 3.8) is 0 Å². The fourth-order valence-electron chi connectivity index (χ4n) is 2.52. The number of hydrogen-bond acceptors (Lipinski definition) is 4. The first-order valence-corrected chi connectivity index (χ1v) is 7.38. The lowest BCUT2D eigenvalue weighted by atomic mass is 9.99. The van der Waals surface area contributed by atoms with Crippen LogP contribution in [0.5, 0.6) is 23.0 Å². The highest BCUT2D eigenvalue weighted by Crippen LogP contribution is 2.31. The Morgan fingerprint density at radius 2 is 1.26 bits per heavy atom. The normalized spacial score (nSPS) is 11.7. The van der Waals surface area contributed by atoms with Gasteiger partial charge < -0.3 is 24.7 Å². The van der Waals surface area contributed by atoms with Gasteiger partial charge in [0.25, 0.3) is 0 Å². The maximum atomic E-state index is 5.35. The second-order valence-electron chi connectivity index (χ2n) is 5.20. The molecule has 2 rings (SSSR count). The largest absolute Gasteiger partial charge is 0.493 e. The quantitative estimate of drug-likeness (QED) is 0.850. The predicted molar refractivity (Wildman–Crippen MR) is 88.4 cm³/mol. The van der Waals surface area contributed by atoms with Gasteiger partial charge in [-0.15, -0.1) is 0 Å². The zero-order valence-corrected chi connectivity index (χ0v) is 14.1. The van der Waals surface area contributed by atoms with E-state index in [9.17, 15) is 0 Å². The Bertz CT molecular complexity index is 657. The van der Waals surface area contributed by atoms with Crippen LogP contribution in [0.25, 0.3) is 0 Å². The highest BCUT2D eigenvalue weighted by molar-refractivity contribution is 5.45. The molecule has 0 bridgehead atoms. The third-order valence-corrected chi connectivity index (χ3v) is 3.81. The smallest absolute Gasteiger partial charge is 0.161 e. The van der Waals surface area contributed by atoms with Gasteiger partial charge in [0, 0.05) is 12.0 Å². The number of hydrogen-bond donors (Lipinski definition) is 1. The molecule has 0 aliphatic heterocycles. The number of ether oxygens (including phenoxy) is 4. The van der Waals surface area contributed by atoms with Crippen LogP contribution >= 0.6 is 0 Å². The van der Waals surface area contributed by atoms with Crippen LogP contribution < -0.4 is 24.7 Å². The second kappa shape index (κ2) is 7.74. The number of quaternary nitrogens is 1. The molecule has 0 heterocycles. The van der Waals surface area contributed by atoms with E-state index in [-0.39, 0.29) is 6.04 Å². The van der Waals surface area contributed by atoms with E-state index in [0.29, 0.717) is 5.75 Å². The molecule has 23 heavy (non-hydrogen) atoms. The lowest BCUT2D eigenvalue weighted by Crippen LogP contribution is -2.54. The lowest BCUT2D eigenvalue weighted by molar-refractivity contribution is -0.426. The molecule has 0 saturated carbocycles. The number of benzene rings is 2. The third kappa shape index (κ3) is 3.87. The molecule has 0 spiro atoms. The van der Waals surface area contributed by atoms with Gasteiger partial charge in [0.15, 0.2) is 23.0 Å². The van der Waals surface area contributed by atoms with E-state index in [2.05, 4.69) is 5.73 Å². The Morgan fingerprint density at radius 1 is 0.739 bits per heavy atom. The minimum Gasteiger partial charge on any atom is -0.493 e. The number of rotatable bonds is 7. The van der Waals surface area contributed by atoms with E-state index in [0.717, 1.165) is 34.8 Å². The monoisotopic (exact) mass is 318 g/mol. The molecule has 0 unspecified atom stereocenters. The van der Waals surface area contributed by atoms with Crippen LogP contribution in [0.3, 0.4) is 0 Å². The summed E-state index contributed by atoms with van der Waals surface area (Å²) in [6.45, 7) is 0. The summed E-state index contributed by atoms with van der Waals surface area (Å²) < 4.78 is 21.2.